The van der Waals surface area contributed by atoms with Crippen molar-refractivity contribution in [1.82, 2.24) is 29.6 Å². The van der Waals surface area contributed by atoms with E-state index in [2.05, 4.69) is 35.6 Å². The molecule has 0 aliphatic carbocycles. The molecule has 3 heterocycles. The van der Waals surface area contributed by atoms with Crippen molar-refractivity contribution in [3.05, 3.63) is 42.1 Å². The molecule has 146 valence electrons. The molecular formula is C19H24N8O. The summed E-state index contributed by atoms with van der Waals surface area (Å²) in [6.45, 7) is 4.93. The first-order chi connectivity index (χ1) is 13.6. The van der Waals surface area contributed by atoms with E-state index < -0.39 is 0 Å². The lowest BCUT2D eigenvalue weighted by Crippen LogP contribution is -2.36. The minimum absolute atomic E-state index is 0.525. The fraction of sp³-hybridized carbons (Fsp3) is 0.368. The molecule has 1 aliphatic rings. The van der Waals surface area contributed by atoms with Crippen LogP contribution < -0.4 is 15.4 Å². The zero-order valence-corrected chi connectivity index (χ0v) is 16.3. The molecule has 2 aromatic heterocycles. The Morgan fingerprint density at radius 2 is 2.04 bits per heavy atom. The van der Waals surface area contributed by atoms with Crippen molar-refractivity contribution >= 4 is 17.5 Å². The number of hydrogen-bond donors (Lipinski definition) is 2. The normalized spacial score (nSPS) is 13.8. The van der Waals surface area contributed by atoms with E-state index in [-0.39, 0.29) is 0 Å². The highest BCUT2D eigenvalue weighted by Crippen LogP contribution is 2.27. The Morgan fingerprint density at radius 1 is 1.18 bits per heavy atom. The number of likely N-dealkylation sites (tertiary alicyclic amines) is 1. The van der Waals surface area contributed by atoms with Gasteiger partial charge >= 0.3 is 0 Å². The molecule has 1 aliphatic heterocycles. The Bertz CT molecular complexity index is 966. The van der Waals surface area contributed by atoms with Gasteiger partial charge in [0.2, 0.25) is 5.95 Å². The maximum absolute atomic E-state index is 5.52. The molecule has 1 saturated heterocycles. The standard InChI is InChI=1S/C19H24N8O/c1-13-9-17(20-2)24-19(22-13)23-14-5-6-16(28-3)15(10-14)27-12-21-18(25-27)11-26-7-4-8-26/h5-6,9-10,12H,4,7-8,11H2,1-3H3,(H2,20,22,23,24). The van der Waals surface area contributed by atoms with Gasteiger partial charge in [0.15, 0.2) is 5.82 Å². The third-order valence-corrected chi connectivity index (χ3v) is 4.65. The van der Waals surface area contributed by atoms with Crippen LogP contribution in [0.5, 0.6) is 5.75 Å². The van der Waals surface area contributed by atoms with Crippen LogP contribution in [-0.2, 0) is 6.54 Å². The number of hydrogen-bond acceptors (Lipinski definition) is 8. The predicted molar refractivity (Wildman–Crippen MR) is 107 cm³/mol. The van der Waals surface area contributed by atoms with Crippen molar-refractivity contribution in [2.75, 3.05) is 37.9 Å². The molecule has 0 radical (unpaired) electrons. The SMILES string of the molecule is CNc1cc(C)nc(Nc2ccc(OC)c(-n3cnc(CN4CCC4)n3)c2)n1. The van der Waals surface area contributed by atoms with Gasteiger partial charge in [0.25, 0.3) is 0 Å². The monoisotopic (exact) mass is 380 g/mol. The molecule has 9 nitrogen and oxygen atoms in total. The molecule has 0 amide bonds. The third-order valence-electron chi connectivity index (χ3n) is 4.65. The van der Waals surface area contributed by atoms with Crippen molar-refractivity contribution in [1.29, 1.82) is 0 Å². The predicted octanol–water partition coefficient (Wildman–Crippen LogP) is 2.37. The van der Waals surface area contributed by atoms with Gasteiger partial charge in [0, 0.05) is 24.5 Å². The van der Waals surface area contributed by atoms with E-state index >= 15 is 0 Å². The fourth-order valence-corrected chi connectivity index (χ4v) is 3.05. The summed E-state index contributed by atoms with van der Waals surface area (Å²) in [6.07, 6.45) is 2.97. The van der Waals surface area contributed by atoms with Gasteiger partial charge in [-0.25, -0.2) is 14.6 Å². The summed E-state index contributed by atoms with van der Waals surface area (Å²) < 4.78 is 7.26. The highest BCUT2D eigenvalue weighted by Gasteiger charge is 2.17. The highest BCUT2D eigenvalue weighted by atomic mass is 16.5. The molecule has 0 atom stereocenters. The fourth-order valence-electron chi connectivity index (χ4n) is 3.05. The van der Waals surface area contributed by atoms with Crippen LogP contribution in [0.2, 0.25) is 0 Å². The molecule has 1 aromatic carbocycles. The molecule has 0 unspecified atom stereocenters. The minimum atomic E-state index is 0.525. The number of nitrogens with one attached hydrogen (secondary N) is 2. The van der Waals surface area contributed by atoms with Crippen molar-refractivity contribution in [3.63, 3.8) is 0 Å². The zero-order valence-electron chi connectivity index (χ0n) is 16.3. The number of nitrogens with zero attached hydrogens (tertiary/aromatic N) is 6. The molecule has 2 N–H and O–H groups in total. The van der Waals surface area contributed by atoms with Gasteiger partial charge in [-0.15, -0.1) is 5.10 Å². The lowest BCUT2D eigenvalue weighted by Gasteiger charge is -2.29. The van der Waals surface area contributed by atoms with Crippen LogP contribution >= 0.6 is 0 Å². The average Bonchev–Trinajstić information content (AvgIpc) is 3.13. The number of aromatic nitrogens is 5. The van der Waals surface area contributed by atoms with Gasteiger partial charge in [0.1, 0.15) is 23.6 Å². The quantitative estimate of drug-likeness (QED) is 0.645. The second kappa shape index (κ2) is 7.81. The molecule has 9 heteroatoms. The summed E-state index contributed by atoms with van der Waals surface area (Å²) in [7, 11) is 3.48. The summed E-state index contributed by atoms with van der Waals surface area (Å²) in [5, 5.41) is 10.9. The molecule has 3 aromatic rings. The van der Waals surface area contributed by atoms with Crippen molar-refractivity contribution < 1.29 is 4.74 Å². The Kier molecular flexibility index (Phi) is 5.07. The first-order valence-corrected chi connectivity index (χ1v) is 9.26. The number of methoxy groups -OCH3 is 1. The van der Waals surface area contributed by atoms with Crippen LogP contribution in [0, 0.1) is 6.92 Å². The Hall–Kier alpha value is -3.20. The van der Waals surface area contributed by atoms with E-state index in [1.54, 1.807) is 18.1 Å². The number of ether oxygens (including phenoxy) is 1. The van der Waals surface area contributed by atoms with Gasteiger partial charge in [-0.2, -0.15) is 4.98 Å². The van der Waals surface area contributed by atoms with E-state index in [4.69, 9.17) is 4.74 Å². The first-order valence-electron chi connectivity index (χ1n) is 9.26. The van der Waals surface area contributed by atoms with Gasteiger partial charge in [-0.1, -0.05) is 0 Å². The van der Waals surface area contributed by atoms with Crippen LogP contribution in [0.15, 0.2) is 30.6 Å². The maximum atomic E-state index is 5.52. The van der Waals surface area contributed by atoms with Gasteiger partial charge in [0.05, 0.1) is 13.7 Å². The van der Waals surface area contributed by atoms with Gasteiger partial charge in [-0.3, -0.25) is 4.90 Å². The van der Waals surface area contributed by atoms with Crippen LogP contribution in [0.4, 0.5) is 17.5 Å². The lowest BCUT2D eigenvalue weighted by atomic mass is 10.2. The molecule has 1 fully saturated rings. The summed E-state index contributed by atoms with van der Waals surface area (Å²) in [5.74, 6) is 2.81. The Labute approximate surface area is 163 Å². The van der Waals surface area contributed by atoms with E-state index in [1.807, 2.05) is 38.2 Å². The number of rotatable bonds is 7. The molecule has 28 heavy (non-hydrogen) atoms. The highest BCUT2D eigenvalue weighted by molar-refractivity contribution is 5.62. The van der Waals surface area contributed by atoms with Crippen LogP contribution in [-0.4, -0.2) is 56.9 Å². The first kappa shape index (κ1) is 18.2. The number of anilines is 3. The van der Waals surface area contributed by atoms with E-state index in [1.165, 1.54) is 6.42 Å². The van der Waals surface area contributed by atoms with Crippen LogP contribution in [0.3, 0.4) is 0 Å². The maximum Gasteiger partial charge on any atom is 0.229 e. The van der Waals surface area contributed by atoms with E-state index in [0.29, 0.717) is 11.7 Å². The second-order valence-corrected chi connectivity index (χ2v) is 6.71. The topological polar surface area (TPSA) is 93.0 Å². The zero-order chi connectivity index (χ0) is 19.5. The van der Waals surface area contributed by atoms with Crippen molar-refractivity contribution in [2.24, 2.45) is 0 Å². The summed E-state index contributed by atoms with van der Waals surface area (Å²) in [5.41, 5.74) is 2.52. The average molecular weight is 380 g/mol. The minimum Gasteiger partial charge on any atom is -0.494 e. The van der Waals surface area contributed by atoms with Crippen LogP contribution in [0.25, 0.3) is 5.69 Å². The van der Waals surface area contributed by atoms with Crippen molar-refractivity contribution in [2.45, 2.75) is 19.9 Å². The van der Waals surface area contributed by atoms with Crippen molar-refractivity contribution in [3.8, 4) is 11.4 Å². The lowest BCUT2D eigenvalue weighted by molar-refractivity contribution is 0.168. The van der Waals surface area contributed by atoms with Gasteiger partial charge < -0.3 is 15.4 Å². The Balaban J connectivity index is 1.60. The molecule has 0 spiro atoms. The summed E-state index contributed by atoms with van der Waals surface area (Å²) in [4.78, 5) is 15.6. The largest absolute Gasteiger partial charge is 0.494 e. The summed E-state index contributed by atoms with van der Waals surface area (Å²) in [6, 6.07) is 7.65. The van der Waals surface area contributed by atoms with Crippen LogP contribution in [0.1, 0.15) is 17.9 Å². The Morgan fingerprint density at radius 3 is 2.75 bits per heavy atom. The molecule has 4 rings (SSSR count). The van der Waals surface area contributed by atoms with Gasteiger partial charge in [-0.05, 0) is 44.6 Å². The molecule has 0 bridgehead atoms. The number of aryl methyl sites for hydroxylation is 1. The van der Waals surface area contributed by atoms with E-state index in [9.17, 15) is 0 Å². The third kappa shape index (κ3) is 3.89. The van der Waals surface area contributed by atoms with E-state index in [0.717, 1.165) is 48.3 Å². The number of benzene rings is 1. The molecular weight excluding hydrogens is 356 g/mol. The smallest absolute Gasteiger partial charge is 0.229 e. The molecule has 0 saturated carbocycles. The summed E-state index contributed by atoms with van der Waals surface area (Å²) >= 11 is 0. The second-order valence-electron chi connectivity index (χ2n) is 6.71.